The number of likely N-dealkylation sites (N-methyl/N-ethyl adjacent to an activating group) is 1. The van der Waals surface area contributed by atoms with Crippen LogP contribution in [-0.2, 0) is 9.59 Å². The van der Waals surface area contributed by atoms with Crippen molar-refractivity contribution in [3.05, 3.63) is 35.9 Å². The van der Waals surface area contributed by atoms with Crippen LogP contribution in [0.4, 0.5) is 4.79 Å². The molecule has 8 heteroatoms. The molecule has 1 aromatic carbocycles. The molecule has 0 spiro atoms. The molecular weight excluding hydrogens is 332 g/mol. The number of halogens is 1. The molecule has 2 aliphatic heterocycles. The number of benzene rings is 1. The van der Waals surface area contributed by atoms with E-state index in [1.807, 2.05) is 30.3 Å². The summed E-state index contributed by atoms with van der Waals surface area (Å²) in [6, 6.07) is 9.27. The molecule has 2 N–H and O–H groups in total. The minimum atomic E-state index is -0.425. The van der Waals surface area contributed by atoms with E-state index in [9.17, 15) is 14.4 Å². The highest BCUT2D eigenvalue weighted by Crippen LogP contribution is 2.26. The summed E-state index contributed by atoms with van der Waals surface area (Å²) >= 11 is 0. The summed E-state index contributed by atoms with van der Waals surface area (Å²) in [5.74, 6) is -0.502. The predicted octanol–water partition coefficient (Wildman–Crippen LogP) is 0.256. The quantitative estimate of drug-likeness (QED) is 0.790. The van der Waals surface area contributed by atoms with Gasteiger partial charge in [-0.2, -0.15) is 0 Å². The van der Waals surface area contributed by atoms with Gasteiger partial charge < -0.3 is 15.5 Å². The molecule has 0 radical (unpaired) electrons. The Labute approximate surface area is 146 Å². The van der Waals surface area contributed by atoms with Crippen LogP contribution in [-0.4, -0.2) is 71.8 Å². The lowest BCUT2D eigenvalue weighted by molar-refractivity contribution is -0.135. The van der Waals surface area contributed by atoms with Gasteiger partial charge >= 0.3 is 6.03 Å². The van der Waals surface area contributed by atoms with E-state index in [4.69, 9.17) is 5.73 Å². The average molecular weight is 353 g/mol. The summed E-state index contributed by atoms with van der Waals surface area (Å²) in [6.07, 6.45) is 0. The number of amides is 4. The lowest BCUT2D eigenvalue weighted by Gasteiger charge is -2.20. The van der Waals surface area contributed by atoms with Crippen LogP contribution in [0.25, 0.3) is 0 Å². The van der Waals surface area contributed by atoms with E-state index in [0.717, 1.165) is 10.5 Å². The number of urea groups is 1. The van der Waals surface area contributed by atoms with Crippen molar-refractivity contribution in [2.45, 2.75) is 12.0 Å². The Morgan fingerprint density at radius 2 is 1.88 bits per heavy atom. The Morgan fingerprint density at radius 1 is 1.21 bits per heavy atom. The molecule has 3 rings (SSSR count). The zero-order valence-electron chi connectivity index (χ0n) is 13.4. The number of hydrogen-bond acceptors (Lipinski definition) is 4. The molecule has 1 aromatic rings. The number of imide groups is 1. The Balaban J connectivity index is 0.00000208. The van der Waals surface area contributed by atoms with Gasteiger partial charge in [0.1, 0.15) is 13.1 Å². The molecule has 4 amide bonds. The van der Waals surface area contributed by atoms with Gasteiger partial charge in [0.2, 0.25) is 5.91 Å². The Morgan fingerprint density at radius 3 is 2.46 bits per heavy atom. The SMILES string of the molecule is CN1CC(=O)N(CC(=O)N2C[C@@H](N)[C@H](c3ccccc3)C2)C1=O.Cl. The zero-order valence-corrected chi connectivity index (χ0v) is 14.2. The molecule has 0 unspecified atom stereocenters. The van der Waals surface area contributed by atoms with Gasteiger partial charge in [-0.15, -0.1) is 12.4 Å². The van der Waals surface area contributed by atoms with Crippen LogP contribution in [0.2, 0.25) is 0 Å². The topological polar surface area (TPSA) is 87.0 Å². The number of hydrogen-bond donors (Lipinski definition) is 1. The standard InChI is InChI=1S/C16H20N4O3.ClH/c1-18-9-15(22)20(16(18)23)10-14(21)19-7-12(13(17)8-19)11-5-3-2-4-6-11;/h2-6,12-13H,7-10,17H2,1H3;1H/t12-,13+;/m0./s1. The molecule has 0 aromatic heterocycles. The number of carbonyl (C=O) groups is 3. The first kappa shape index (κ1) is 18.2. The third-order valence-electron chi connectivity index (χ3n) is 4.47. The smallest absolute Gasteiger partial charge is 0.327 e. The maximum atomic E-state index is 12.4. The van der Waals surface area contributed by atoms with Gasteiger partial charge in [0.15, 0.2) is 0 Å². The van der Waals surface area contributed by atoms with E-state index in [1.165, 1.54) is 4.90 Å². The molecule has 0 bridgehead atoms. The second-order valence-corrected chi connectivity index (χ2v) is 6.10. The highest BCUT2D eigenvalue weighted by Gasteiger charge is 2.38. The number of likely N-dealkylation sites (tertiary alicyclic amines) is 1. The van der Waals surface area contributed by atoms with Crippen LogP contribution < -0.4 is 5.73 Å². The molecule has 2 saturated heterocycles. The summed E-state index contributed by atoms with van der Waals surface area (Å²) in [5, 5.41) is 0. The van der Waals surface area contributed by atoms with Crippen molar-refractivity contribution < 1.29 is 14.4 Å². The van der Waals surface area contributed by atoms with Gasteiger partial charge in [0.05, 0.1) is 0 Å². The second-order valence-electron chi connectivity index (χ2n) is 6.10. The predicted molar refractivity (Wildman–Crippen MR) is 90.7 cm³/mol. The number of rotatable bonds is 3. The van der Waals surface area contributed by atoms with E-state index in [-0.39, 0.29) is 49.3 Å². The van der Waals surface area contributed by atoms with E-state index < -0.39 is 6.03 Å². The molecule has 7 nitrogen and oxygen atoms in total. The van der Waals surface area contributed by atoms with Crippen molar-refractivity contribution in [2.75, 3.05) is 33.2 Å². The van der Waals surface area contributed by atoms with Crippen LogP contribution in [0.1, 0.15) is 11.5 Å². The first-order valence-corrected chi connectivity index (χ1v) is 7.61. The highest BCUT2D eigenvalue weighted by molar-refractivity contribution is 6.04. The van der Waals surface area contributed by atoms with E-state index in [1.54, 1.807) is 11.9 Å². The third kappa shape index (κ3) is 3.37. The summed E-state index contributed by atoms with van der Waals surface area (Å²) < 4.78 is 0. The highest BCUT2D eigenvalue weighted by atomic mass is 35.5. The van der Waals surface area contributed by atoms with Gasteiger partial charge in [0, 0.05) is 32.1 Å². The minimum Gasteiger partial charge on any atom is -0.339 e. The Bertz CT molecular complexity index is 639. The van der Waals surface area contributed by atoms with E-state index in [2.05, 4.69) is 0 Å². The molecule has 130 valence electrons. The largest absolute Gasteiger partial charge is 0.339 e. The van der Waals surface area contributed by atoms with E-state index in [0.29, 0.717) is 13.1 Å². The Kier molecular flexibility index (Phi) is 5.46. The number of carbonyl (C=O) groups excluding carboxylic acids is 3. The van der Waals surface area contributed by atoms with Crippen LogP contribution in [0.5, 0.6) is 0 Å². The third-order valence-corrected chi connectivity index (χ3v) is 4.47. The Hall–Kier alpha value is -2.12. The average Bonchev–Trinajstić information content (AvgIpc) is 3.04. The van der Waals surface area contributed by atoms with Crippen molar-refractivity contribution in [3.8, 4) is 0 Å². The molecule has 24 heavy (non-hydrogen) atoms. The lowest BCUT2D eigenvalue weighted by Crippen LogP contribution is -2.43. The number of nitrogens with two attached hydrogens (primary N) is 1. The maximum Gasteiger partial charge on any atom is 0.327 e. The fourth-order valence-corrected chi connectivity index (χ4v) is 3.15. The minimum absolute atomic E-state index is 0. The van der Waals surface area contributed by atoms with Crippen molar-refractivity contribution >= 4 is 30.3 Å². The first-order valence-electron chi connectivity index (χ1n) is 7.61. The molecular formula is C16H21ClN4O3. The number of nitrogens with zero attached hydrogens (tertiary/aromatic N) is 3. The molecule has 2 fully saturated rings. The molecule has 2 atom stereocenters. The normalized spacial score (nSPS) is 23.7. The molecule has 2 aliphatic rings. The molecule has 0 aliphatic carbocycles. The maximum absolute atomic E-state index is 12.4. The fraction of sp³-hybridized carbons (Fsp3) is 0.438. The monoisotopic (exact) mass is 352 g/mol. The van der Waals surface area contributed by atoms with Crippen LogP contribution >= 0.6 is 12.4 Å². The second kappa shape index (κ2) is 7.19. The van der Waals surface area contributed by atoms with Crippen molar-refractivity contribution in [1.29, 1.82) is 0 Å². The molecule has 0 saturated carbocycles. The fourth-order valence-electron chi connectivity index (χ4n) is 3.15. The zero-order chi connectivity index (χ0) is 16.6. The summed E-state index contributed by atoms with van der Waals surface area (Å²) in [4.78, 5) is 40.0. The van der Waals surface area contributed by atoms with Crippen molar-refractivity contribution in [3.63, 3.8) is 0 Å². The van der Waals surface area contributed by atoms with Crippen LogP contribution in [0.15, 0.2) is 30.3 Å². The van der Waals surface area contributed by atoms with Crippen LogP contribution in [0, 0.1) is 0 Å². The van der Waals surface area contributed by atoms with Gasteiger partial charge in [-0.25, -0.2) is 4.79 Å². The lowest BCUT2D eigenvalue weighted by atomic mass is 9.95. The van der Waals surface area contributed by atoms with Gasteiger partial charge in [-0.1, -0.05) is 30.3 Å². The van der Waals surface area contributed by atoms with Gasteiger partial charge in [-0.05, 0) is 5.56 Å². The van der Waals surface area contributed by atoms with Gasteiger partial charge in [0.25, 0.3) is 5.91 Å². The first-order chi connectivity index (χ1) is 11.0. The van der Waals surface area contributed by atoms with Crippen molar-refractivity contribution in [1.82, 2.24) is 14.7 Å². The summed E-state index contributed by atoms with van der Waals surface area (Å²) in [6.45, 7) is 0.759. The van der Waals surface area contributed by atoms with Crippen molar-refractivity contribution in [2.24, 2.45) is 5.73 Å². The van der Waals surface area contributed by atoms with E-state index >= 15 is 0 Å². The van der Waals surface area contributed by atoms with Crippen LogP contribution in [0.3, 0.4) is 0 Å². The molecule has 2 heterocycles. The summed E-state index contributed by atoms with van der Waals surface area (Å²) in [7, 11) is 1.54. The van der Waals surface area contributed by atoms with Gasteiger partial charge in [-0.3, -0.25) is 14.5 Å². The summed E-state index contributed by atoms with van der Waals surface area (Å²) in [5.41, 5.74) is 7.27.